The number of sulfonamides is 1. The minimum atomic E-state index is -3.21. The summed E-state index contributed by atoms with van der Waals surface area (Å²) >= 11 is 3.15. The van der Waals surface area contributed by atoms with Crippen LogP contribution in [0.4, 0.5) is 5.69 Å². The van der Waals surface area contributed by atoms with Crippen LogP contribution >= 0.6 is 23.1 Å². The van der Waals surface area contributed by atoms with E-state index in [1.54, 1.807) is 36.1 Å². The summed E-state index contributed by atoms with van der Waals surface area (Å²) in [5, 5.41) is 0. The van der Waals surface area contributed by atoms with Gasteiger partial charge in [0, 0.05) is 0 Å². The Bertz CT molecular complexity index is 634. The van der Waals surface area contributed by atoms with Crippen LogP contribution in [0.15, 0.2) is 22.5 Å². The van der Waals surface area contributed by atoms with Gasteiger partial charge in [0.05, 0.1) is 21.7 Å². The summed E-state index contributed by atoms with van der Waals surface area (Å²) in [6.45, 7) is 1.61. The van der Waals surface area contributed by atoms with Crippen LogP contribution in [0.5, 0.6) is 0 Å². The summed E-state index contributed by atoms with van der Waals surface area (Å²) in [6, 6.07) is 5.39. The van der Waals surface area contributed by atoms with Crippen LogP contribution in [-0.4, -0.2) is 25.4 Å². The van der Waals surface area contributed by atoms with E-state index in [0.29, 0.717) is 5.69 Å². The van der Waals surface area contributed by atoms with Gasteiger partial charge in [0.25, 0.3) is 0 Å². The Morgan fingerprint density at radius 1 is 1.47 bits per heavy atom. The molecule has 92 valence electrons. The van der Waals surface area contributed by atoms with Crippen molar-refractivity contribution >= 4 is 49.0 Å². The number of benzene rings is 1. The molecule has 1 N–H and O–H groups in total. The smallest absolute Gasteiger partial charge is 0.232 e. The zero-order valence-corrected chi connectivity index (χ0v) is 11.9. The van der Waals surface area contributed by atoms with E-state index in [9.17, 15) is 8.42 Å². The standard InChI is InChI=1S/C10H12N2O2S3/c1-3-17(13,14)12-7-4-5-8-9(6-7)16-10(11-8)15-2/h4-6,12H,3H2,1-2H3. The van der Waals surface area contributed by atoms with E-state index in [0.717, 1.165) is 14.6 Å². The van der Waals surface area contributed by atoms with Crippen molar-refractivity contribution in [2.24, 2.45) is 0 Å². The monoisotopic (exact) mass is 288 g/mol. The first-order valence-electron chi connectivity index (χ1n) is 4.99. The van der Waals surface area contributed by atoms with Crippen LogP contribution in [0.2, 0.25) is 0 Å². The third-order valence-corrected chi connectivity index (χ3v) is 5.51. The van der Waals surface area contributed by atoms with Crippen LogP contribution in [0.25, 0.3) is 10.2 Å². The summed E-state index contributed by atoms with van der Waals surface area (Å²) in [4.78, 5) is 4.39. The van der Waals surface area contributed by atoms with Gasteiger partial charge in [-0.1, -0.05) is 11.8 Å². The number of thioether (sulfide) groups is 1. The van der Waals surface area contributed by atoms with Crippen molar-refractivity contribution in [3.8, 4) is 0 Å². The molecule has 0 bridgehead atoms. The van der Waals surface area contributed by atoms with E-state index in [4.69, 9.17) is 0 Å². The van der Waals surface area contributed by atoms with Gasteiger partial charge in [-0.2, -0.15) is 0 Å². The van der Waals surface area contributed by atoms with Crippen LogP contribution in [0.1, 0.15) is 6.92 Å². The molecule has 0 radical (unpaired) electrons. The van der Waals surface area contributed by atoms with Crippen molar-refractivity contribution in [1.82, 2.24) is 4.98 Å². The molecule has 0 saturated carbocycles. The van der Waals surface area contributed by atoms with E-state index < -0.39 is 10.0 Å². The van der Waals surface area contributed by atoms with Crippen molar-refractivity contribution in [1.29, 1.82) is 0 Å². The van der Waals surface area contributed by atoms with Gasteiger partial charge in [-0.25, -0.2) is 13.4 Å². The molecule has 2 aromatic rings. The fourth-order valence-electron chi connectivity index (χ4n) is 1.31. The van der Waals surface area contributed by atoms with E-state index in [2.05, 4.69) is 9.71 Å². The number of nitrogens with zero attached hydrogens (tertiary/aromatic N) is 1. The second-order valence-electron chi connectivity index (χ2n) is 3.37. The van der Waals surface area contributed by atoms with E-state index in [1.165, 1.54) is 0 Å². The molecule has 4 nitrogen and oxygen atoms in total. The normalized spacial score (nSPS) is 11.9. The van der Waals surface area contributed by atoms with Gasteiger partial charge in [-0.05, 0) is 31.4 Å². The fourth-order valence-corrected chi connectivity index (χ4v) is 3.46. The Kier molecular flexibility index (Phi) is 3.60. The van der Waals surface area contributed by atoms with Gasteiger partial charge in [0.2, 0.25) is 10.0 Å². The minimum Gasteiger partial charge on any atom is -0.284 e. The maximum Gasteiger partial charge on any atom is 0.232 e. The highest BCUT2D eigenvalue weighted by Crippen LogP contribution is 2.30. The van der Waals surface area contributed by atoms with Crippen molar-refractivity contribution in [3.05, 3.63) is 18.2 Å². The number of thiazole rings is 1. The second-order valence-corrected chi connectivity index (χ2v) is 7.47. The molecule has 1 aromatic carbocycles. The molecular formula is C10H12N2O2S3. The van der Waals surface area contributed by atoms with Gasteiger partial charge in [-0.3, -0.25) is 4.72 Å². The van der Waals surface area contributed by atoms with Crippen molar-refractivity contribution < 1.29 is 8.42 Å². The summed E-state index contributed by atoms with van der Waals surface area (Å²) in [5.41, 5.74) is 1.49. The molecule has 0 aliphatic rings. The summed E-state index contributed by atoms with van der Waals surface area (Å²) in [5.74, 6) is 0.0732. The van der Waals surface area contributed by atoms with Crippen LogP contribution < -0.4 is 4.72 Å². The Hall–Kier alpha value is -0.790. The predicted octanol–water partition coefficient (Wildman–Crippen LogP) is 2.78. The fraction of sp³-hybridized carbons (Fsp3) is 0.300. The quantitative estimate of drug-likeness (QED) is 0.879. The number of hydrogen-bond donors (Lipinski definition) is 1. The molecule has 0 unspecified atom stereocenters. The van der Waals surface area contributed by atoms with E-state index in [-0.39, 0.29) is 5.75 Å². The van der Waals surface area contributed by atoms with Gasteiger partial charge < -0.3 is 0 Å². The predicted molar refractivity (Wildman–Crippen MR) is 74.5 cm³/mol. The van der Waals surface area contributed by atoms with Crippen molar-refractivity contribution in [2.45, 2.75) is 11.3 Å². The maximum atomic E-state index is 11.4. The zero-order valence-electron chi connectivity index (χ0n) is 9.43. The van der Waals surface area contributed by atoms with Crippen LogP contribution in [-0.2, 0) is 10.0 Å². The molecule has 0 aliphatic heterocycles. The van der Waals surface area contributed by atoms with Crippen LogP contribution in [0, 0.1) is 0 Å². The molecule has 1 aromatic heterocycles. The molecule has 0 fully saturated rings. The molecule has 0 aliphatic carbocycles. The lowest BCUT2D eigenvalue weighted by molar-refractivity contribution is 0.602. The summed E-state index contributed by atoms with van der Waals surface area (Å²) in [7, 11) is -3.21. The average Bonchev–Trinajstić information content (AvgIpc) is 2.70. The third kappa shape index (κ3) is 2.91. The van der Waals surface area contributed by atoms with Gasteiger partial charge in [0.1, 0.15) is 0 Å². The summed E-state index contributed by atoms with van der Waals surface area (Å²) in [6.07, 6.45) is 1.97. The number of rotatable bonds is 4. The first-order chi connectivity index (χ1) is 8.04. The molecule has 7 heteroatoms. The molecule has 0 spiro atoms. The highest BCUT2D eigenvalue weighted by Gasteiger charge is 2.08. The minimum absolute atomic E-state index is 0.0732. The van der Waals surface area contributed by atoms with Gasteiger partial charge in [0.15, 0.2) is 4.34 Å². The lowest BCUT2D eigenvalue weighted by Gasteiger charge is -2.04. The molecule has 1 heterocycles. The van der Waals surface area contributed by atoms with Gasteiger partial charge in [-0.15, -0.1) is 11.3 Å². The van der Waals surface area contributed by atoms with Crippen LogP contribution in [0.3, 0.4) is 0 Å². The van der Waals surface area contributed by atoms with E-state index >= 15 is 0 Å². The SMILES string of the molecule is CCS(=O)(=O)Nc1ccc2nc(SC)sc2c1. The number of anilines is 1. The topological polar surface area (TPSA) is 59.1 Å². The highest BCUT2D eigenvalue weighted by atomic mass is 32.2. The van der Waals surface area contributed by atoms with Crippen molar-refractivity contribution in [3.63, 3.8) is 0 Å². The molecule has 0 atom stereocenters. The lowest BCUT2D eigenvalue weighted by Crippen LogP contribution is -2.14. The first-order valence-corrected chi connectivity index (χ1v) is 8.68. The van der Waals surface area contributed by atoms with Gasteiger partial charge >= 0.3 is 0 Å². The molecule has 2 rings (SSSR count). The van der Waals surface area contributed by atoms with E-state index in [1.807, 2.05) is 18.4 Å². The number of hydrogen-bond acceptors (Lipinski definition) is 5. The Morgan fingerprint density at radius 2 is 2.24 bits per heavy atom. The Balaban J connectivity index is 2.37. The first kappa shape index (κ1) is 12.7. The molecule has 0 amide bonds. The molecular weight excluding hydrogens is 276 g/mol. The number of nitrogens with one attached hydrogen (secondary N) is 1. The number of fused-ring (bicyclic) bond motifs is 1. The summed E-state index contributed by atoms with van der Waals surface area (Å²) < 4.78 is 27.4. The molecule has 17 heavy (non-hydrogen) atoms. The largest absolute Gasteiger partial charge is 0.284 e. The maximum absolute atomic E-state index is 11.4. The Morgan fingerprint density at radius 3 is 2.88 bits per heavy atom. The zero-order chi connectivity index (χ0) is 12.5. The third-order valence-electron chi connectivity index (χ3n) is 2.20. The van der Waals surface area contributed by atoms with Crippen molar-refractivity contribution in [2.75, 3.05) is 16.7 Å². The molecule has 0 saturated heterocycles. The Labute approximate surface area is 109 Å². The lowest BCUT2D eigenvalue weighted by atomic mass is 10.3. The average molecular weight is 288 g/mol. The number of aromatic nitrogens is 1. The second kappa shape index (κ2) is 4.83. The highest BCUT2D eigenvalue weighted by molar-refractivity contribution is 8.00.